The first kappa shape index (κ1) is 21.7. The lowest BCUT2D eigenvalue weighted by Crippen LogP contribution is -2.37. The van der Waals surface area contributed by atoms with Crippen LogP contribution in [0, 0.1) is 0 Å². The van der Waals surface area contributed by atoms with E-state index in [1.807, 2.05) is 5.32 Å². The molecular formula is C17H7Cl4F3N2O3. The third kappa shape index (κ3) is 3.77. The third-order valence-corrected chi connectivity index (χ3v) is 5.80. The van der Waals surface area contributed by atoms with Crippen LogP contribution in [-0.2, 0) is 11.0 Å². The molecule has 1 aliphatic heterocycles. The molecular weight excluding hydrogens is 479 g/mol. The number of hydrogen-bond acceptors (Lipinski definition) is 3. The van der Waals surface area contributed by atoms with Gasteiger partial charge in [-0.25, -0.2) is 0 Å². The smallest absolute Gasteiger partial charge is 0.324 e. The molecule has 1 heterocycles. The fourth-order valence-corrected chi connectivity index (χ4v) is 3.73. The van der Waals surface area contributed by atoms with E-state index < -0.39 is 41.7 Å². The Bertz CT molecular complexity index is 1030. The van der Waals surface area contributed by atoms with E-state index in [2.05, 4.69) is 0 Å². The highest BCUT2D eigenvalue weighted by Crippen LogP contribution is 2.44. The predicted octanol–water partition coefficient (Wildman–Crippen LogP) is 5.55. The zero-order chi connectivity index (χ0) is 21.7. The molecule has 152 valence electrons. The van der Waals surface area contributed by atoms with E-state index >= 15 is 0 Å². The summed E-state index contributed by atoms with van der Waals surface area (Å²) in [6.45, 7) is -0.875. The van der Waals surface area contributed by atoms with Crippen LogP contribution in [0.15, 0.2) is 24.3 Å². The molecule has 0 aromatic heterocycles. The van der Waals surface area contributed by atoms with E-state index in [1.165, 1.54) is 6.07 Å². The minimum atomic E-state index is -4.71. The van der Waals surface area contributed by atoms with Crippen molar-refractivity contribution in [3.05, 3.63) is 61.0 Å². The molecule has 0 fully saturated rings. The quantitative estimate of drug-likeness (QED) is 0.352. The molecule has 1 N–H and O–H groups in total. The summed E-state index contributed by atoms with van der Waals surface area (Å²) >= 11 is 23.7. The summed E-state index contributed by atoms with van der Waals surface area (Å²) in [6, 6.07) is 4.26. The molecule has 2 aromatic rings. The first-order valence-corrected chi connectivity index (χ1v) is 9.14. The van der Waals surface area contributed by atoms with Crippen LogP contribution in [0.4, 0.5) is 18.9 Å². The molecule has 0 spiro atoms. The maximum absolute atomic E-state index is 13.0. The fourth-order valence-electron chi connectivity index (χ4n) is 2.71. The van der Waals surface area contributed by atoms with Crippen LogP contribution in [0.3, 0.4) is 0 Å². The van der Waals surface area contributed by atoms with Crippen LogP contribution in [0.1, 0.15) is 26.3 Å². The van der Waals surface area contributed by atoms with Gasteiger partial charge in [-0.05, 0) is 12.1 Å². The van der Waals surface area contributed by atoms with Crippen molar-refractivity contribution in [2.45, 2.75) is 6.18 Å². The number of carbonyl (C=O) groups excluding carboxylic acids is 3. The molecule has 2 aromatic carbocycles. The van der Waals surface area contributed by atoms with Gasteiger partial charge in [-0.15, -0.1) is 0 Å². The number of nitrogens with zero attached hydrogens (tertiary/aromatic N) is 1. The molecule has 0 saturated heterocycles. The lowest BCUT2D eigenvalue weighted by molar-refractivity contribution is -0.137. The fraction of sp³-hybridized carbons (Fsp3) is 0.118. The first-order chi connectivity index (χ1) is 13.4. The third-order valence-electron chi connectivity index (χ3n) is 3.99. The minimum absolute atomic E-state index is 0.247. The van der Waals surface area contributed by atoms with E-state index in [4.69, 9.17) is 46.4 Å². The van der Waals surface area contributed by atoms with Crippen molar-refractivity contribution in [2.24, 2.45) is 0 Å². The van der Waals surface area contributed by atoms with Gasteiger partial charge in [0.2, 0.25) is 5.91 Å². The molecule has 0 saturated carbocycles. The monoisotopic (exact) mass is 484 g/mol. The van der Waals surface area contributed by atoms with Gasteiger partial charge in [-0.2, -0.15) is 13.2 Å². The maximum Gasteiger partial charge on any atom is 0.418 e. The van der Waals surface area contributed by atoms with Crippen LogP contribution >= 0.6 is 46.4 Å². The summed E-state index contributed by atoms with van der Waals surface area (Å²) in [5, 5.41) is 0.908. The summed E-state index contributed by atoms with van der Waals surface area (Å²) in [5.74, 6) is -3.00. The number of anilines is 1. The van der Waals surface area contributed by atoms with Crippen LogP contribution < -0.4 is 5.32 Å². The van der Waals surface area contributed by atoms with Gasteiger partial charge in [0.25, 0.3) is 11.8 Å². The van der Waals surface area contributed by atoms with Crippen molar-refractivity contribution in [1.82, 2.24) is 4.90 Å². The van der Waals surface area contributed by atoms with Gasteiger partial charge >= 0.3 is 6.18 Å². The number of carbonyl (C=O) groups is 3. The Balaban J connectivity index is 1.88. The zero-order valence-electron chi connectivity index (χ0n) is 13.8. The predicted molar refractivity (Wildman–Crippen MR) is 102 cm³/mol. The van der Waals surface area contributed by atoms with E-state index in [9.17, 15) is 27.6 Å². The molecule has 0 atom stereocenters. The molecule has 0 radical (unpaired) electrons. The molecule has 12 heteroatoms. The normalized spacial score (nSPS) is 13.7. The Labute approximate surface area is 181 Å². The molecule has 0 unspecified atom stereocenters. The first-order valence-electron chi connectivity index (χ1n) is 7.63. The summed E-state index contributed by atoms with van der Waals surface area (Å²) < 4.78 is 39.1. The SMILES string of the molecule is O=C(CN1C(=O)c2c(Cl)c(Cl)c(Cl)c(Cl)c2C1=O)Nc1ccccc1C(F)(F)F. The second kappa shape index (κ2) is 7.68. The number of benzene rings is 2. The number of para-hydroxylation sites is 1. The molecule has 1 aliphatic rings. The number of rotatable bonds is 3. The van der Waals surface area contributed by atoms with E-state index in [0.29, 0.717) is 4.90 Å². The number of imide groups is 1. The number of hydrogen-bond donors (Lipinski definition) is 1. The summed E-state index contributed by atoms with van der Waals surface area (Å²) in [7, 11) is 0. The zero-order valence-corrected chi connectivity index (χ0v) is 16.9. The Morgan fingerprint density at radius 1 is 0.897 bits per heavy atom. The highest BCUT2D eigenvalue weighted by molar-refractivity contribution is 6.55. The Kier molecular flexibility index (Phi) is 5.75. The molecule has 5 nitrogen and oxygen atoms in total. The molecule has 29 heavy (non-hydrogen) atoms. The van der Waals surface area contributed by atoms with E-state index in [-0.39, 0.29) is 31.2 Å². The number of alkyl halides is 3. The minimum Gasteiger partial charge on any atom is -0.324 e. The number of halogens is 7. The Hall–Kier alpha value is -2.00. The highest BCUT2D eigenvalue weighted by Gasteiger charge is 2.42. The van der Waals surface area contributed by atoms with Crippen LogP contribution in [0.25, 0.3) is 0 Å². The van der Waals surface area contributed by atoms with Gasteiger partial charge in [0, 0.05) is 0 Å². The van der Waals surface area contributed by atoms with Gasteiger partial charge < -0.3 is 5.32 Å². The van der Waals surface area contributed by atoms with E-state index in [1.54, 1.807) is 0 Å². The average molecular weight is 486 g/mol. The molecule has 3 amide bonds. The van der Waals surface area contributed by atoms with Gasteiger partial charge in [-0.3, -0.25) is 19.3 Å². The largest absolute Gasteiger partial charge is 0.418 e. The summed E-state index contributed by atoms with van der Waals surface area (Å²) in [6.07, 6.45) is -4.71. The van der Waals surface area contributed by atoms with Crippen LogP contribution in [-0.4, -0.2) is 29.2 Å². The van der Waals surface area contributed by atoms with Gasteiger partial charge in [0.1, 0.15) is 6.54 Å². The van der Waals surface area contributed by atoms with Gasteiger partial charge in [0.15, 0.2) is 0 Å². The van der Waals surface area contributed by atoms with Crippen LogP contribution in [0.5, 0.6) is 0 Å². The topological polar surface area (TPSA) is 66.5 Å². The number of nitrogens with one attached hydrogen (secondary N) is 1. The summed E-state index contributed by atoms with van der Waals surface area (Å²) in [4.78, 5) is 37.9. The highest BCUT2D eigenvalue weighted by atomic mass is 35.5. The van der Waals surface area contributed by atoms with Crippen molar-refractivity contribution < 1.29 is 27.6 Å². The van der Waals surface area contributed by atoms with Crippen molar-refractivity contribution in [3.8, 4) is 0 Å². The average Bonchev–Trinajstić information content (AvgIpc) is 2.89. The Morgan fingerprint density at radius 3 is 1.86 bits per heavy atom. The molecule has 0 bridgehead atoms. The van der Waals surface area contributed by atoms with Gasteiger partial charge in [-0.1, -0.05) is 58.5 Å². The second-order valence-corrected chi connectivity index (χ2v) is 7.31. The molecule has 3 rings (SSSR count). The maximum atomic E-state index is 13.0. The lowest BCUT2D eigenvalue weighted by atomic mass is 10.1. The van der Waals surface area contributed by atoms with E-state index in [0.717, 1.165) is 18.2 Å². The second-order valence-electron chi connectivity index (χ2n) is 5.79. The molecule has 0 aliphatic carbocycles. The van der Waals surface area contributed by atoms with Crippen molar-refractivity contribution in [2.75, 3.05) is 11.9 Å². The van der Waals surface area contributed by atoms with Crippen LogP contribution in [0.2, 0.25) is 20.1 Å². The standard InChI is InChI=1S/C17H7Cl4F3N2O3/c18-11-9-10(12(19)14(21)13(11)20)16(29)26(15(9)28)5-8(27)25-7-4-2-1-3-6(7)17(22,23)24/h1-4H,5H2,(H,25,27). The van der Waals surface area contributed by atoms with Crippen molar-refractivity contribution >= 4 is 69.8 Å². The summed E-state index contributed by atoms with van der Waals surface area (Å²) in [5.41, 5.74) is -2.27. The lowest BCUT2D eigenvalue weighted by Gasteiger charge is -2.16. The number of fused-ring (bicyclic) bond motifs is 1. The van der Waals surface area contributed by atoms with Gasteiger partial charge in [0.05, 0.1) is 42.5 Å². The van der Waals surface area contributed by atoms with Crippen molar-refractivity contribution in [1.29, 1.82) is 0 Å². The number of amides is 3. The van der Waals surface area contributed by atoms with Crippen molar-refractivity contribution in [3.63, 3.8) is 0 Å². The Morgan fingerprint density at radius 2 is 1.38 bits per heavy atom.